The van der Waals surface area contributed by atoms with E-state index in [1.54, 1.807) is 18.2 Å². The Labute approximate surface area is 194 Å². The number of aliphatic carboxylic acids is 1. The molecule has 0 amide bonds. The summed E-state index contributed by atoms with van der Waals surface area (Å²) in [5.74, 6) is -1.06. The van der Waals surface area contributed by atoms with Crippen molar-refractivity contribution in [2.75, 3.05) is 0 Å². The van der Waals surface area contributed by atoms with Gasteiger partial charge in [0.25, 0.3) is 0 Å². The van der Waals surface area contributed by atoms with Gasteiger partial charge in [0.1, 0.15) is 9.96 Å². The van der Waals surface area contributed by atoms with Gasteiger partial charge in [0.05, 0.1) is 18.4 Å². The van der Waals surface area contributed by atoms with E-state index in [0.717, 1.165) is 21.8 Å². The summed E-state index contributed by atoms with van der Waals surface area (Å²) in [5.41, 5.74) is 1.91. The Morgan fingerprint density at radius 3 is 2.48 bits per heavy atom. The number of carbonyl (C=O) groups is 1. The minimum Gasteiger partial charge on any atom is -0.508 e. The number of carboxylic acids is 1. The van der Waals surface area contributed by atoms with Crippen LogP contribution in [0.15, 0.2) is 77.1 Å². The van der Waals surface area contributed by atoms with Gasteiger partial charge in [-0.15, -0.1) is 16.4 Å². The fourth-order valence-electron chi connectivity index (χ4n) is 3.25. The highest BCUT2D eigenvalue weighted by molar-refractivity contribution is 7.91. The molecule has 9 nitrogen and oxygen atoms in total. The summed E-state index contributed by atoms with van der Waals surface area (Å²) in [7, 11) is -3.83. The number of hydrogen-bond donors (Lipinski definition) is 3. The molecule has 0 aliphatic carbocycles. The second-order valence-corrected chi connectivity index (χ2v) is 10.3. The van der Waals surface area contributed by atoms with Crippen molar-refractivity contribution in [3.63, 3.8) is 0 Å². The SMILES string of the molecule is O=C(O)[C@@H](Cc1ccc(O)cc1)n1nncc1CNS(=O)(=O)c1ccc(-c2ccccc2)s1. The van der Waals surface area contributed by atoms with Gasteiger partial charge >= 0.3 is 5.97 Å². The maximum atomic E-state index is 12.8. The number of aromatic hydroxyl groups is 1. The van der Waals surface area contributed by atoms with Crippen LogP contribution in [-0.4, -0.2) is 39.6 Å². The molecule has 0 aliphatic heterocycles. The normalized spacial score (nSPS) is 12.5. The number of phenols is 1. The molecule has 170 valence electrons. The molecule has 0 saturated carbocycles. The van der Waals surface area contributed by atoms with Crippen LogP contribution >= 0.6 is 11.3 Å². The Hall–Kier alpha value is -3.54. The summed E-state index contributed by atoms with van der Waals surface area (Å²) in [4.78, 5) is 12.7. The number of carboxylic acid groups (broad SMARTS) is 1. The number of thiophene rings is 1. The van der Waals surface area contributed by atoms with Crippen molar-refractivity contribution in [2.45, 2.75) is 23.2 Å². The largest absolute Gasteiger partial charge is 0.508 e. The molecule has 2 heterocycles. The van der Waals surface area contributed by atoms with Crippen LogP contribution in [0.5, 0.6) is 5.75 Å². The summed E-state index contributed by atoms with van der Waals surface area (Å²) in [6.45, 7) is -0.173. The van der Waals surface area contributed by atoms with E-state index in [4.69, 9.17) is 0 Å². The topological polar surface area (TPSA) is 134 Å². The number of aromatic nitrogens is 3. The van der Waals surface area contributed by atoms with Crippen molar-refractivity contribution in [3.8, 4) is 16.2 Å². The first kappa shape index (κ1) is 22.6. The van der Waals surface area contributed by atoms with Crippen LogP contribution in [0.1, 0.15) is 17.3 Å². The molecular formula is C22H20N4O5S2. The zero-order valence-electron chi connectivity index (χ0n) is 17.2. The molecule has 3 N–H and O–H groups in total. The number of rotatable bonds is 9. The zero-order chi connectivity index (χ0) is 23.4. The van der Waals surface area contributed by atoms with Gasteiger partial charge in [-0.25, -0.2) is 22.6 Å². The highest BCUT2D eigenvalue weighted by Gasteiger charge is 2.25. The molecule has 0 radical (unpaired) electrons. The van der Waals surface area contributed by atoms with Crippen molar-refractivity contribution in [1.29, 1.82) is 0 Å². The third-order valence-electron chi connectivity index (χ3n) is 4.94. The van der Waals surface area contributed by atoms with E-state index in [2.05, 4.69) is 15.0 Å². The molecule has 2 aromatic heterocycles. The molecule has 1 atom stereocenters. The number of benzene rings is 2. The van der Waals surface area contributed by atoms with Gasteiger partial charge in [-0.05, 0) is 35.4 Å². The smallest absolute Gasteiger partial charge is 0.328 e. The van der Waals surface area contributed by atoms with Crippen molar-refractivity contribution >= 4 is 27.3 Å². The van der Waals surface area contributed by atoms with E-state index in [1.165, 1.54) is 29.1 Å². The maximum absolute atomic E-state index is 12.8. The quantitative estimate of drug-likeness (QED) is 0.332. The first-order valence-corrected chi connectivity index (χ1v) is 12.2. The number of nitrogens with one attached hydrogen (secondary N) is 1. The van der Waals surface area contributed by atoms with Crippen molar-refractivity contribution in [2.24, 2.45) is 0 Å². The standard InChI is InChI=1S/C22H20N4O5S2/c27-18-8-6-15(7-9-18)12-19(22(28)29)26-17(13-23-25-26)14-24-33(30,31)21-11-10-20(32-21)16-4-2-1-3-5-16/h1-11,13,19,24,27H,12,14H2,(H,28,29)/t19-/m1/s1. The van der Waals surface area contributed by atoms with Gasteiger partial charge in [0.2, 0.25) is 10.0 Å². The Morgan fingerprint density at radius 2 is 1.79 bits per heavy atom. The highest BCUT2D eigenvalue weighted by Crippen LogP contribution is 2.30. The lowest BCUT2D eigenvalue weighted by Crippen LogP contribution is -2.28. The van der Waals surface area contributed by atoms with Crippen LogP contribution in [-0.2, 0) is 27.8 Å². The molecule has 4 aromatic rings. The third kappa shape index (κ3) is 5.28. The number of nitrogens with zero attached hydrogens (tertiary/aromatic N) is 3. The molecule has 11 heteroatoms. The van der Waals surface area contributed by atoms with Crippen LogP contribution in [0.4, 0.5) is 0 Å². The van der Waals surface area contributed by atoms with E-state index in [1.807, 2.05) is 30.3 Å². The molecule has 0 unspecified atom stereocenters. The molecule has 0 fully saturated rings. The van der Waals surface area contributed by atoms with E-state index in [0.29, 0.717) is 11.3 Å². The molecule has 2 aromatic carbocycles. The molecule has 4 rings (SSSR count). The van der Waals surface area contributed by atoms with Crippen LogP contribution in [0, 0.1) is 0 Å². The van der Waals surface area contributed by atoms with Gasteiger partial charge in [-0.1, -0.05) is 47.7 Å². The lowest BCUT2D eigenvalue weighted by atomic mass is 10.1. The fourth-order valence-corrected chi connectivity index (χ4v) is 5.60. The van der Waals surface area contributed by atoms with E-state index < -0.39 is 22.0 Å². The van der Waals surface area contributed by atoms with Gasteiger partial charge in [0, 0.05) is 11.3 Å². The molecule has 0 bridgehead atoms. The van der Waals surface area contributed by atoms with Crippen LogP contribution in [0.2, 0.25) is 0 Å². The summed E-state index contributed by atoms with van der Waals surface area (Å²) < 4.78 is 29.5. The summed E-state index contributed by atoms with van der Waals surface area (Å²) in [6.07, 6.45) is 1.42. The summed E-state index contributed by atoms with van der Waals surface area (Å²) >= 11 is 1.15. The predicted molar refractivity (Wildman–Crippen MR) is 122 cm³/mol. The summed E-state index contributed by atoms with van der Waals surface area (Å²) in [6, 6.07) is 17.8. The third-order valence-corrected chi connectivity index (χ3v) is 7.97. The predicted octanol–water partition coefficient (Wildman–Crippen LogP) is 3.06. The lowest BCUT2D eigenvalue weighted by molar-refractivity contribution is -0.141. The first-order valence-electron chi connectivity index (χ1n) is 9.88. The van der Waals surface area contributed by atoms with Crippen molar-refractivity contribution in [3.05, 3.63) is 84.2 Å². The molecule has 0 spiro atoms. The van der Waals surface area contributed by atoms with Gasteiger partial charge in [-0.2, -0.15) is 0 Å². The highest BCUT2D eigenvalue weighted by atomic mass is 32.2. The Bertz CT molecular complexity index is 1350. The Morgan fingerprint density at radius 1 is 1.06 bits per heavy atom. The number of sulfonamides is 1. The minimum atomic E-state index is -3.83. The number of phenolic OH excluding ortho intramolecular Hbond substituents is 1. The van der Waals surface area contributed by atoms with E-state index in [9.17, 15) is 23.4 Å². The van der Waals surface area contributed by atoms with Crippen LogP contribution in [0.25, 0.3) is 10.4 Å². The molecule has 0 aliphatic rings. The Kier molecular flexibility index (Phi) is 6.54. The molecular weight excluding hydrogens is 464 g/mol. The van der Waals surface area contributed by atoms with E-state index >= 15 is 0 Å². The average Bonchev–Trinajstić information content (AvgIpc) is 3.48. The maximum Gasteiger partial charge on any atom is 0.328 e. The fraction of sp³-hybridized carbons (Fsp3) is 0.136. The minimum absolute atomic E-state index is 0.0745. The number of hydrogen-bond acceptors (Lipinski definition) is 7. The Balaban J connectivity index is 1.50. The zero-order valence-corrected chi connectivity index (χ0v) is 18.8. The lowest BCUT2D eigenvalue weighted by Gasteiger charge is -2.15. The van der Waals surface area contributed by atoms with Gasteiger partial charge < -0.3 is 10.2 Å². The van der Waals surface area contributed by atoms with Crippen LogP contribution < -0.4 is 4.72 Å². The second kappa shape index (κ2) is 9.53. The average molecular weight is 485 g/mol. The van der Waals surface area contributed by atoms with Gasteiger partial charge in [-0.3, -0.25) is 0 Å². The van der Waals surface area contributed by atoms with Crippen LogP contribution in [0.3, 0.4) is 0 Å². The molecule has 33 heavy (non-hydrogen) atoms. The second-order valence-electron chi connectivity index (χ2n) is 7.20. The van der Waals surface area contributed by atoms with E-state index in [-0.39, 0.29) is 22.9 Å². The van der Waals surface area contributed by atoms with Crippen molar-refractivity contribution < 1.29 is 23.4 Å². The molecule has 0 saturated heterocycles. The van der Waals surface area contributed by atoms with Crippen molar-refractivity contribution in [1.82, 2.24) is 19.7 Å². The monoisotopic (exact) mass is 484 g/mol. The van der Waals surface area contributed by atoms with Gasteiger partial charge in [0.15, 0.2) is 6.04 Å². The summed E-state index contributed by atoms with van der Waals surface area (Å²) in [5, 5.41) is 26.8. The first-order chi connectivity index (χ1) is 15.8.